The summed E-state index contributed by atoms with van der Waals surface area (Å²) in [5.74, 6) is -0.420. The van der Waals surface area contributed by atoms with E-state index in [1.54, 1.807) is 36.5 Å². The number of benzene rings is 2. The molecule has 2 aromatic carbocycles. The van der Waals surface area contributed by atoms with Crippen LogP contribution in [0.4, 0.5) is 0 Å². The van der Waals surface area contributed by atoms with Crippen molar-refractivity contribution in [1.29, 1.82) is 0 Å². The van der Waals surface area contributed by atoms with Crippen LogP contribution in [0.15, 0.2) is 46.4 Å². The molecule has 0 aliphatic carbocycles. The first-order chi connectivity index (χ1) is 13.4. The van der Waals surface area contributed by atoms with Gasteiger partial charge >= 0.3 is 5.97 Å². The molecule has 0 saturated heterocycles. The zero-order chi connectivity index (χ0) is 20.5. The van der Waals surface area contributed by atoms with Crippen molar-refractivity contribution in [2.24, 2.45) is 9.98 Å². The van der Waals surface area contributed by atoms with Gasteiger partial charge < -0.3 is 4.74 Å². The largest absolute Gasteiger partial charge is 0.467 e. The van der Waals surface area contributed by atoms with E-state index < -0.39 is 12.0 Å². The molecule has 0 fully saturated rings. The van der Waals surface area contributed by atoms with Gasteiger partial charge in [-0.05, 0) is 25.0 Å². The average molecular weight is 460 g/mol. The third-order valence-corrected chi connectivity index (χ3v) is 5.49. The molecule has 28 heavy (non-hydrogen) atoms. The average Bonchev–Trinajstić information content (AvgIpc) is 2.69. The molecule has 0 spiro atoms. The van der Waals surface area contributed by atoms with E-state index in [2.05, 4.69) is 9.98 Å². The van der Waals surface area contributed by atoms with Gasteiger partial charge in [-0.2, -0.15) is 0 Å². The lowest BCUT2D eigenvalue weighted by molar-refractivity contribution is -0.142. The molecule has 1 atom stereocenters. The number of hydrogen-bond acceptors (Lipinski definition) is 4. The van der Waals surface area contributed by atoms with Crippen LogP contribution in [0.5, 0.6) is 0 Å². The molecule has 2 rings (SSSR count). The molecule has 0 N–H and O–H groups in total. The van der Waals surface area contributed by atoms with Crippen molar-refractivity contribution in [3.8, 4) is 0 Å². The van der Waals surface area contributed by atoms with Gasteiger partial charge in [0, 0.05) is 30.1 Å². The molecule has 0 aliphatic heterocycles. The zero-order valence-corrected chi connectivity index (χ0v) is 18.1. The first-order valence-corrected chi connectivity index (χ1v) is 9.94. The van der Waals surface area contributed by atoms with Crippen LogP contribution in [0.3, 0.4) is 0 Å². The van der Waals surface area contributed by atoms with Crippen molar-refractivity contribution >= 4 is 64.8 Å². The van der Waals surface area contributed by atoms with E-state index in [4.69, 9.17) is 51.1 Å². The summed E-state index contributed by atoms with van der Waals surface area (Å²) in [6.07, 6.45) is 4.30. The Kier molecular flexibility index (Phi) is 9.26. The first-order valence-electron chi connectivity index (χ1n) is 8.43. The summed E-state index contributed by atoms with van der Waals surface area (Å²) >= 11 is 24.2. The summed E-state index contributed by atoms with van der Waals surface area (Å²) in [5.41, 5.74) is 1.38. The van der Waals surface area contributed by atoms with Crippen molar-refractivity contribution in [1.82, 2.24) is 0 Å². The molecular weight excluding hydrogens is 442 g/mol. The molecule has 0 amide bonds. The van der Waals surface area contributed by atoms with Crippen LogP contribution in [-0.2, 0) is 9.53 Å². The lowest BCUT2D eigenvalue weighted by Crippen LogP contribution is -2.20. The molecule has 0 radical (unpaired) electrons. The fourth-order valence-electron chi connectivity index (χ4n) is 2.34. The Labute approximate surface area is 184 Å². The molecule has 0 unspecified atom stereocenters. The van der Waals surface area contributed by atoms with Crippen LogP contribution in [0.25, 0.3) is 0 Å². The van der Waals surface area contributed by atoms with Gasteiger partial charge in [0.25, 0.3) is 0 Å². The quantitative estimate of drug-likeness (QED) is 0.269. The summed E-state index contributed by atoms with van der Waals surface area (Å²) in [5, 5.41) is 1.75. The smallest absolute Gasteiger partial charge is 0.330 e. The van der Waals surface area contributed by atoms with E-state index >= 15 is 0 Å². The molecule has 0 aliphatic rings. The highest BCUT2D eigenvalue weighted by atomic mass is 35.5. The minimum Gasteiger partial charge on any atom is -0.467 e. The van der Waals surface area contributed by atoms with Gasteiger partial charge in [-0.1, -0.05) is 70.7 Å². The normalized spacial score (nSPS) is 12.6. The van der Waals surface area contributed by atoms with Gasteiger partial charge in [0.2, 0.25) is 0 Å². The predicted molar refractivity (Wildman–Crippen MR) is 118 cm³/mol. The zero-order valence-electron chi connectivity index (χ0n) is 15.0. The van der Waals surface area contributed by atoms with E-state index in [9.17, 15) is 4.79 Å². The number of methoxy groups -OCH3 is 1. The number of rotatable bonds is 8. The van der Waals surface area contributed by atoms with Gasteiger partial charge in [0.05, 0.1) is 27.2 Å². The minimum atomic E-state index is -0.648. The second-order valence-corrected chi connectivity index (χ2v) is 7.35. The maximum atomic E-state index is 12.0. The molecule has 4 nitrogen and oxygen atoms in total. The van der Waals surface area contributed by atoms with Crippen molar-refractivity contribution in [2.45, 2.75) is 18.9 Å². The number of carbonyl (C=O) groups excluding carboxylic acids is 1. The Morgan fingerprint density at radius 2 is 1.57 bits per heavy atom. The number of esters is 1. The fraction of sp³-hybridized carbons (Fsp3) is 0.250. The third-order valence-electron chi connectivity index (χ3n) is 3.82. The van der Waals surface area contributed by atoms with E-state index in [1.165, 1.54) is 13.3 Å². The van der Waals surface area contributed by atoms with Crippen LogP contribution in [0.1, 0.15) is 24.0 Å². The lowest BCUT2D eigenvalue weighted by atomic mass is 10.1. The number of ether oxygens (including phenoxy) is 1. The van der Waals surface area contributed by atoms with Crippen LogP contribution in [-0.4, -0.2) is 38.1 Å². The number of nitrogens with zero attached hydrogens (tertiary/aromatic N) is 2. The fourth-order valence-corrected chi connectivity index (χ4v) is 3.05. The van der Waals surface area contributed by atoms with E-state index in [1.807, 2.05) is 6.07 Å². The maximum absolute atomic E-state index is 12.0. The van der Waals surface area contributed by atoms with Gasteiger partial charge in [-0.25, -0.2) is 4.79 Å². The minimum absolute atomic E-state index is 0.388. The summed E-state index contributed by atoms with van der Waals surface area (Å²) in [6, 6.07) is 9.91. The molecule has 8 heteroatoms. The monoisotopic (exact) mass is 458 g/mol. The van der Waals surface area contributed by atoms with Crippen molar-refractivity contribution < 1.29 is 9.53 Å². The van der Waals surface area contributed by atoms with Crippen LogP contribution in [0.2, 0.25) is 20.1 Å². The van der Waals surface area contributed by atoms with Gasteiger partial charge in [-0.15, -0.1) is 0 Å². The number of halogens is 4. The molecule has 148 valence electrons. The Morgan fingerprint density at radius 3 is 2.14 bits per heavy atom. The lowest BCUT2D eigenvalue weighted by Gasteiger charge is -2.09. The van der Waals surface area contributed by atoms with Gasteiger partial charge in [-0.3, -0.25) is 9.98 Å². The van der Waals surface area contributed by atoms with Crippen molar-refractivity contribution in [3.63, 3.8) is 0 Å². The Balaban J connectivity index is 1.96. The molecule has 0 saturated carbocycles. The highest BCUT2D eigenvalue weighted by Gasteiger charge is 2.17. The SMILES string of the molecule is COC(=O)[C@H](CCCN=Cc1cccc(Cl)c1Cl)N=Cc1cccc(Cl)c1Cl. The summed E-state index contributed by atoms with van der Waals surface area (Å²) in [7, 11) is 1.33. The summed E-state index contributed by atoms with van der Waals surface area (Å²) in [6.45, 7) is 0.504. The second-order valence-electron chi connectivity index (χ2n) is 5.78. The van der Waals surface area contributed by atoms with Gasteiger partial charge in [0.1, 0.15) is 6.04 Å². The number of hydrogen-bond donors (Lipinski definition) is 0. The highest BCUT2D eigenvalue weighted by Crippen LogP contribution is 2.25. The summed E-state index contributed by atoms with van der Waals surface area (Å²) < 4.78 is 4.83. The molecule has 0 heterocycles. The molecule has 0 aromatic heterocycles. The van der Waals surface area contributed by atoms with Crippen LogP contribution in [0, 0.1) is 0 Å². The molecule has 2 aromatic rings. The predicted octanol–water partition coefficient (Wildman–Crippen LogP) is 6.16. The summed E-state index contributed by atoms with van der Waals surface area (Å²) in [4.78, 5) is 20.6. The Hall–Kier alpha value is -1.59. The Bertz CT molecular complexity index is 885. The van der Waals surface area contributed by atoms with Crippen molar-refractivity contribution in [3.05, 3.63) is 67.6 Å². The van der Waals surface area contributed by atoms with Gasteiger partial charge in [0.15, 0.2) is 0 Å². The molecular formula is C20H18Cl4N2O2. The van der Waals surface area contributed by atoms with Crippen molar-refractivity contribution in [2.75, 3.05) is 13.7 Å². The highest BCUT2D eigenvalue weighted by molar-refractivity contribution is 6.44. The van der Waals surface area contributed by atoms with E-state index in [0.717, 1.165) is 5.56 Å². The third kappa shape index (κ3) is 6.49. The topological polar surface area (TPSA) is 51.0 Å². The standard InChI is InChI=1S/C20H18Cl4N2O2/c1-28-20(27)17(26-12-14-6-3-8-16(22)19(14)24)9-4-10-25-11-13-5-2-7-15(21)18(13)23/h2-3,5-8,11-12,17H,4,9-10H2,1H3/t17-/m0/s1. The molecule has 0 bridgehead atoms. The van der Waals surface area contributed by atoms with Crippen LogP contribution >= 0.6 is 46.4 Å². The Morgan fingerprint density at radius 1 is 1.00 bits per heavy atom. The first kappa shape index (κ1) is 22.7. The van der Waals surface area contributed by atoms with Crippen LogP contribution < -0.4 is 0 Å². The van der Waals surface area contributed by atoms with E-state index in [-0.39, 0.29) is 0 Å². The number of aliphatic imine (C=N–C) groups is 2. The number of carbonyl (C=O) groups is 1. The second kappa shape index (κ2) is 11.4. The van der Waals surface area contributed by atoms with E-state index in [0.29, 0.717) is 45.0 Å². The maximum Gasteiger partial charge on any atom is 0.330 e.